The summed E-state index contributed by atoms with van der Waals surface area (Å²) in [5.74, 6) is -0.721. The lowest BCUT2D eigenvalue weighted by Gasteiger charge is -2.20. The number of aromatic nitrogens is 2. The summed E-state index contributed by atoms with van der Waals surface area (Å²) < 4.78 is 52.7. The fourth-order valence-electron chi connectivity index (χ4n) is 3.88. The monoisotopic (exact) mass is 448 g/mol. The fraction of sp³-hybridized carbons (Fsp3) is 0.333. The van der Waals surface area contributed by atoms with Gasteiger partial charge in [0.1, 0.15) is 0 Å². The van der Waals surface area contributed by atoms with Crippen LogP contribution in [-0.4, -0.2) is 48.2 Å². The van der Waals surface area contributed by atoms with E-state index in [4.69, 9.17) is 0 Å². The summed E-state index contributed by atoms with van der Waals surface area (Å²) in [5, 5.41) is 0. The number of sulfonamides is 1. The van der Waals surface area contributed by atoms with Gasteiger partial charge in [-0.15, -0.1) is 0 Å². The number of halogens is 2. The molecule has 0 fully saturated rings. The van der Waals surface area contributed by atoms with Crippen LogP contribution in [0.4, 0.5) is 14.5 Å². The van der Waals surface area contributed by atoms with Crippen molar-refractivity contribution in [2.45, 2.75) is 31.6 Å². The molecule has 1 N–H and O–H groups in total. The van der Waals surface area contributed by atoms with Gasteiger partial charge in [0.2, 0.25) is 10.0 Å². The number of carbonyl (C=O) groups is 1. The number of alkyl halides is 2. The Balaban J connectivity index is 1.64. The van der Waals surface area contributed by atoms with Crippen molar-refractivity contribution in [2.75, 3.05) is 24.5 Å². The average molecular weight is 448 g/mol. The van der Waals surface area contributed by atoms with Crippen LogP contribution in [-0.2, 0) is 16.4 Å². The molecule has 4 rings (SSSR count). The highest BCUT2D eigenvalue weighted by atomic mass is 32.2. The Morgan fingerprint density at radius 3 is 2.61 bits per heavy atom. The zero-order valence-electron chi connectivity index (χ0n) is 17.1. The summed E-state index contributed by atoms with van der Waals surface area (Å²) in [6.07, 6.45) is -2.19. The summed E-state index contributed by atoms with van der Waals surface area (Å²) in [7, 11) is -3.58. The van der Waals surface area contributed by atoms with Crippen molar-refractivity contribution in [3.05, 3.63) is 53.3 Å². The average Bonchev–Trinajstić information content (AvgIpc) is 3.37. The van der Waals surface area contributed by atoms with Crippen LogP contribution in [0.1, 0.15) is 42.0 Å². The molecular weight excluding hydrogens is 426 g/mol. The van der Waals surface area contributed by atoms with Crippen molar-refractivity contribution in [1.82, 2.24) is 14.3 Å². The van der Waals surface area contributed by atoms with E-state index in [1.54, 1.807) is 36.9 Å². The van der Waals surface area contributed by atoms with Crippen LogP contribution in [0.15, 0.2) is 41.3 Å². The van der Waals surface area contributed by atoms with Crippen molar-refractivity contribution in [3.8, 4) is 0 Å². The number of rotatable bonds is 6. The van der Waals surface area contributed by atoms with Gasteiger partial charge in [-0.1, -0.05) is 13.8 Å². The van der Waals surface area contributed by atoms with Gasteiger partial charge in [0.15, 0.2) is 5.82 Å². The number of imidazole rings is 1. The predicted molar refractivity (Wildman–Crippen MR) is 113 cm³/mol. The minimum absolute atomic E-state index is 0.211. The summed E-state index contributed by atoms with van der Waals surface area (Å²) in [4.78, 5) is 21.2. The third-order valence-electron chi connectivity index (χ3n) is 5.49. The largest absolute Gasteiger partial charge is 0.337 e. The molecule has 0 saturated heterocycles. The van der Waals surface area contributed by atoms with E-state index in [0.29, 0.717) is 48.3 Å². The second kappa shape index (κ2) is 8.01. The van der Waals surface area contributed by atoms with Crippen LogP contribution in [0.25, 0.3) is 11.0 Å². The number of amides is 1. The van der Waals surface area contributed by atoms with E-state index in [1.807, 2.05) is 0 Å². The van der Waals surface area contributed by atoms with Crippen LogP contribution in [0.2, 0.25) is 0 Å². The van der Waals surface area contributed by atoms with Crippen LogP contribution >= 0.6 is 0 Å². The van der Waals surface area contributed by atoms with E-state index < -0.39 is 22.3 Å². The van der Waals surface area contributed by atoms with E-state index in [2.05, 4.69) is 9.97 Å². The Kier molecular flexibility index (Phi) is 5.52. The van der Waals surface area contributed by atoms with Crippen molar-refractivity contribution in [1.29, 1.82) is 0 Å². The van der Waals surface area contributed by atoms with Gasteiger partial charge in [0.25, 0.3) is 12.3 Å². The molecule has 0 atom stereocenters. The van der Waals surface area contributed by atoms with E-state index >= 15 is 0 Å². The van der Waals surface area contributed by atoms with E-state index in [1.165, 1.54) is 22.5 Å². The summed E-state index contributed by atoms with van der Waals surface area (Å²) >= 11 is 0. The highest BCUT2D eigenvalue weighted by molar-refractivity contribution is 7.89. The minimum atomic E-state index is -3.58. The maximum atomic E-state index is 13.1. The standard InChI is InChI=1S/C21H22F2N4O3S/c1-3-26(4-2)31(29,30)15-6-8-18-13(11-15)9-10-27(18)21(28)14-5-7-16-17(12-14)25-20(24-16)19(22)23/h5-8,11-12,19H,3-4,9-10H2,1-2H3,(H,24,25). The molecule has 7 nitrogen and oxygen atoms in total. The lowest BCUT2D eigenvalue weighted by atomic mass is 10.1. The van der Waals surface area contributed by atoms with Gasteiger partial charge in [0.05, 0.1) is 15.9 Å². The second-order valence-electron chi connectivity index (χ2n) is 7.24. The number of fused-ring (bicyclic) bond motifs is 2. The maximum absolute atomic E-state index is 13.1. The molecule has 31 heavy (non-hydrogen) atoms. The molecule has 0 aliphatic carbocycles. The molecule has 1 aliphatic heterocycles. The van der Waals surface area contributed by atoms with E-state index in [0.717, 1.165) is 5.56 Å². The van der Waals surface area contributed by atoms with Gasteiger partial charge in [-0.05, 0) is 48.4 Å². The molecule has 0 spiro atoms. The van der Waals surface area contributed by atoms with Gasteiger partial charge >= 0.3 is 0 Å². The molecule has 2 heterocycles. The summed E-state index contributed by atoms with van der Waals surface area (Å²) in [6.45, 7) is 4.74. The van der Waals surface area contributed by atoms with Crippen molar-refractivity contribution in [2.24, 2.45) is 0 Å². The van der Waals surface area contributed by atoms with Crippen LogP contribution < -0.4 is 4.90 Å². The Labute approximate surface area is 178 Å². The quantitative estimate of drug-likeness (QED) is 0.623. The topological polar surface area (TPSA) is 86.4 Å². The molecule has 0 radical (unpaired) electrons. The number of benzene rings is 2. The number of anilines is 1. The summed E-state index contributed by atoms with van der Waals surface area (Å²) in [6, 6.07) is 9.39. The van der Waals surface area contributed by atoms with Crippen LogP contribution in [0.3, 0.4) is 0 Å². The Bertz CT molecular complexity index is 1250. The highest BCUT2D eigenvalue weighted by Gasteiger charge is 2.29. The van der Waals surface area contributed by atoms with Gasteiger partial charge in [-0.3, -0.25) is 4.79 Å². The molecule has 1 aromatic heterocycles. The smallest absolute Gasteiger partial charge is 0.295 e. The van der Waals surface area contributed by atoms with Crippen molar-refractivity contribution in [3.63, 3.8) is 0 Å². The normalized spacial score (nSPS) is 14.1. The van der Waals surface area contributed by atoms with Gasteiger partial charge < -0.3 is 9.88 Å². The first kappa shape index (κ1) is 21.4. The number of aromatic amines is 1. The predicted octanol–water partition coefficient (Wildman–Crippen LogP) is 3.73. The molecular formula is C21H22F2N4O3S. The first-order valence-electron chi connectivity index (χ1n) is 9.99. The lowest BCUT2D eigenvalue weighted by Crippen LogP contribution is -2.30. The minimum Gasteiger partial charge on any atom is -0.337 e. The lowest BCUT2D eigenvalue weighted by molar-refractivity contribution is 0.0989. The Morgan fingerprint density at radius 1 is 1.19 bits per heavy atom. The third kappa shape index (κ3) is 3.70. The molecule has 2 aromatic carbocycles. The van der Waals surface area contributed by atoms with E-state index in [-0.39, 0.29) is 10.8 Å². The van der Waals surface area contributed by atoms with Gasteiger partial charge in [0, 0.05) is 30.9 Å². The van der Waals surface area contributed by atoms with E-state index in [9.17, 15) is 22.0 Å². The molecule has 1 amide bonds. The highest BCUT2D eigenvalue weighted by Crippen LogP contribution is 2.32. The fourth-order valence-corrected chi connectivity index (χ4v) is 5.39. The van der Waals surface area contributed by atoms with Gasteiger partial charge in [-0.2, -0.15) is 4.31 Å². The SMILES string of the molecule is CCN(CC)S(=O)(=O)c1ccc2c(c1)CCN2C(=O)c1ccc2nc(C(F)F)[nH]c2c1. The molecule has 0 bridgehead atoms. The molecule has 10 heteroatoms. The first-order chi connectivity index (χ1) is 14.8. The molecule has 3 aromatic rings. The number of carbonyl (C=O) groups excluding carboxylic acids is 1. The summed E-state index contributed by atoms with van der Waals surface area (Å²) in [5.41, 5.74) is 2.50. The number of nitrogens with one attached hydrogen (secondary N) is 1. The van der Waals surface area contributed by atoms with Crippen LogP contribution in [0, 0.1) is 0 Å². The zero-order valence-corrected chi connectivity index (χ0v) is 17.9. The van der Waals surface area contributed by atoms with Crippen molar-refractivity contribution < 1.29 is 22.0 Å². The first-order valence-corrected chi connectivity index (χ1v) is 11.4. The number of H-pyrrole nitrogens is 1. The molecule has 164 valence electrons. The van der Waals surface area contributed by atoms with Gasteiger partial charge in [-0.25, -0.2) is 22.2 Å². The van der Waals surface area contributed by atoms with Crippen molar-refractivity contribution >= 4 is 32.7 Å². The second-order valence-corrected chi connectivity index (χ2v) is 9.18. The number of hydrogen-bond donors (Lipinski definition) is 1. The molecule has 0 saturated carbocycles. The Hall–Kier alpha value is -2.85. The Morgan fingerprint density at radius 2 is 1.94 bits per heavy atom. The number of nitrogens with zero attached hydrogens (tertiary/aromatic N) is 3. The van der Waals surface area contributed by atoms with Crippen LogP contribution in [0.5, 0.6) is 0 Å². The maximum Gasteiger partial charge on any atom is 0.295 e. The third-order valence-corrected chi connectivity index (χ3v) is 7.53. The number of hydrogen-bond acceptors (Lipinski definition) is 4. The molecule has 0 unspecified atom stereocenters. The zero-order chi connectivity index (χ0) is 22.3. The molecule has 1 aliphatic rings.